The quantitative estimate of drug-likeness (QED) is 0.466. The highest BCUT2D eigenvalue weighted by atomic mass is 32.2. The molecule has 1 aliphatic heterocycles. The zero-order valence-electron chi connectivity index (χ0n) is 16.7. The first-order chi connectivity index (χ1) is 14.0. The summed E-state index contributed by atoms with van der Waals surface area (Å²) in [7, 11) is -2.01. The summed E-state index contributed by atoms with van der Waals surface area (Å²) in [5, 5.41) is 11.8. The fourth-order valence-electron chi connectivity index (χ4n) is 3.55. The third-order valence-corrected chi connectivity index (χ3v) is 5.99. The summed E-state index contributed by atoms with van der Waals surface area (Å²) in [4.78, 5) is 6.82. The Bertz CT molecular complexity index is 906. The third-order valence-electron chi connectivity index (χ3n) is 5.08. The van der Waals surface area contributed by atoms with Gasteiger partial charge in [0.1, 0.15) is 5.76 Å². The maximum Gasteiger partial charge on any atom is 0.238 e. The molecule has 1 aromatic carbocycles. The van der Waals surface area contributed by atoms with E-state index in [-0.39, 0.29) is 10.9 Å². The highest BCUT2D eigenvalue weighted by Crippen LogP contribution is 2.24. The van der Waals surface area contributed by atoms with E-state index >= 15 is 0 Å². The lowest BCUT2D eigenvalue weighted by Gasteiger charge is -2.33. The van der Waals surface area contributed by atoms with E-state index in [9.17, 15) is 8.42 Å². The Morgan fingerprint density at radius 3 is 2.66 bits per heavy atom. The number of nitrogens with one attached hydrogen (secondary N) is 2. The number of piperidine rings is 1. The van der Waals surface area contributed by atoms with Crippen molar-refractivity contribution >= 4 is 16.0 Å². The van der Waals surface area contributed by atoms with Crippen LogP contribution in [0.5, 0.6) is 0 Å². The molecule has 1 atom stereocenters. The maximum absolute atomic E-state index is 11.5. The molecule has 0 amide bonds. The number of likely N-dealkylation sites (tertiary alicyclic amines) is 1. The highest BCUT2D eigenvalue weighted by Gasteiger charge is 2.24. The molecule has 4 N–H and O–H groups in total. The number of nitrogens with zero attached hydrogens (tertiary/aromatic N) is 2. The highest BCUT2D eigenvalue weighted by molar-refractivity contribution is 7.89. The van der Waals surface area contributed by atoms with E-state index in [4.69, 9.17) is 9.56 Å². The smallest absolute Gasteiger partial charge is 0.238 e. The van der Waals surface area contributed by atoms with E-state index in [1.807, 2.05) is 18.2 Å². The van der Waals surface area contributed by atoms with Gasteiger partial charge in [-0.1, -0.05) is 18.6 Å². The fraction of sp³-hybridized carbons (Fsp3) is 0.450. The van der Waals surface area contributed by atoms with Crippen LogP contribution in [0.2, 0.25) is 0 Å². The Hall–Kier alpha value is -2.36. The number of aliphatic imine (C=N–C) groups is 1. The first-order valence-electron chi connectivity index (χ1n) is 9.81. The number of hydrogen-bond donors (Lipinski definition) is 3. The van der Waals surface area contributed by atoms with Crippen LogP contribution in [0.3, 0.4) is 0 Å². The van der Waals surface area contributed by atoms with Gasteiger partial charge in [-0.2, -0.15) is 0 Å². The molecular weight excluding hydrogens is 390 g/mol. The van der Waals surface area contributed by atoms with Crippen LogP contribution in [0.15, 0.2) is 57.0 Å². The summed E-state index contributed by atoms with van der Waals surface area (Å²) in [6.45, 7) is 3.20. The number of nitrogens with two attached hydrogens (primary N) is 1. The predicted molar refractivity (Wildman–Crippen MR) is 113 cm³/mol. The minimum absolute atomic E-state index is 0.0997. The summed E-state index contributed by atoms with van der Waals surface area (Å²) in [6, 6.07) is 10.6. The van der Waals surface area contributed by atoms with Crippen LogP contribution in [-0.2, 0) is 16.6 Å². The van der Waals surface area contributed by atoms with Crippen LogP contribution in [0.4, 0.5) is 0 Å². The molecule has 0 bridgehead atoms. The lowest BCUT2D eigenvalue weighted by molar-refractivity contribution is 0.146. The molecule has 158 valence electrons. The van der Waals surface area contributed by atoms with Gasteiger partial charge < -0.3 is 15.1 Å². The Morgan fingerprint density at radius 2 is 2.00 bits per heavy atom. The topological polar surface area (TPSA) is 113 Å². The second-order valence-electron chi connectivity index (χ2n) is 7.13. The first-order valence-corrected chi connectivity index (χ1v) is 11.4. The maximum atomic E-state index is 11.5. The number of furan rings is 1. The number of hydrogen-bond acceptors (Lipinski definition) is 5. The van der Waals surface area contributed by atoms with Gasteiger partial charge >= 0.3 is 0 Å². The summed E-state index contributed by atoms with van der Waals surface area (Å²) in [5.41, 5.74) is 0.804. The zero-order valence-corrected chi connectivity index (χ0v) is 17.5. The Labute approximate surface area is 172 Å². The molecule has 1 saturated heterocycles. The van der Waals surface area contributed by atoms with E-state index < -0.39 is 10.0 Å². The number of benzene rings is 1. The van der Waals surface area contributed by atoms with Crippen molar-refractivity contribution in [1.82, 2.24) is 15.5 Å². The van der Waals surface area contributed by atoms with Gasteiger partial charge in [0.25, 0.3) is 0 Å². The Morgan fingerprint density at radius 1 is 1.21 bits per heavy atom. The second kappa shape index (κ2) is 9.91. The molecule has 29 heavy (non-hydrogen) atoms. The van der Waals surface area contributed by atoms with Gasteiger partial charge in [-0.3, -0.25) is 9.89 Å². The average molecular weight is 420 g/mol. The van der Waals surface area contributed by atoms with Gasteiger partial charge in [0.05, 0.1) is 17.2 Å². The van der Waals surface area contributed by atoms with Gasteiger partial charge in [0, 0.05) is 20.1 Å². The minimum atomic E-state index is -3.72. The Balaban J connectivity index is 1.60. The summed E-state index contributed by atoms with van der Waals surface area (Å²) in [6.07, 6.45) is 5.38. The molecule has 9 heteroatoms. The number of guanidine groups is 1. The summed E-state index contributed by atoms with van der Waals surface area (Å²) < 4.78 is 28.7. The molecule has 3 rings (SSSR count). The summed E-state index contributed by atoms with van der Waals surface area (Å²) in [5.74, 6) is 1.58. The van der Waals surface area contributed by atoms with E-state index in [1.54, 1.807) is 25.4 Å². The van der Waals surface area contributed by atoms with Crippen LogP contribution in [0.1, 0.15) is 36.6 Å². The molecule has 8 nitrogen and oxygen atoms in total. The molecule has 0 aliphatic carbocycles. The van der Waals surface area contributed by atoms with E-state index in [1.165, 1.54) is 25.3 Å². The van der Waals surface area contributed by atoms with Crippen LogP contribution in [0, 0.1) is 0 Å². The molecular formula is C20H29N5O3S. The predicted octanol–water partition coefficient (Wildman–Crippen LogP) is 1.82. The monoisotopic (exact) mass is 419 g/mol. The lowest BCUT2D eigenvalue weighted by atomic mass is 10.1. The van der Waals surface area contributed by atoms with Crippen molar-refractivity contribution in [1.29, 1.82) is 0 Å². The normalized spacial score (nSPS) is 17.1. The molecule has 0 saturated carbocycles. The standard InChI is InChI=1S/C20H29N5O3S/c1-22-20(23-14-16-7-5-8-17(13-16)29(21,26)27)24-15-18(19-9-6-12-28-19)25-10-3-2-4-11-25/h5-9,12-13,18H,2-4,10-11,14-15H2,1H3,(H2,21,26,27)(H2,22,23,24). The van der Waals surface area contributed by atoms with Gasteiger partial charge in [-0.15, -0.1) is 0 Å². The second-order valence-corrected chi connectivity index (χ2v) is 8.69. The van der Waals surface area contributed by atoms with Gasteiger partial charge in [-0.25, -0.2) is 13.6 Å². The van der Waals surface area contributed by atoms with Crippen molar-refractivity contribution in [2.75, 3.05) is 26.7 Å². The number of rotatable bonds is 7. The Kier molecular flexibility index (Phi) is 7.29. The van der Waals surface area contributed by atoms with Crippen molar-refractivity contribution in [3.05, 3.63) is 54.0 Å². The van der Waals surface area contributed by atoms with Crippen molar-refractivity contribution in [3.63, 3.8) is 0 Å². The molecule has 1 aliphatic rings. The van der Waals surface area contributed by atoms with Crippen molar-refractivity contribution in [3.8, 4) is 0 Å². The van der Waals surface area contributed by atoms with Crippen LogP contribution >= 0.6 is 0 Å². The fourth-order valence-corrected chi connectivity index (χ4v) is 4.14. The molecule has 0 spiro atoms. The van der Waals surface area contributed by atoms with Crippen LogP contribution < -0.4 is 15.8 Å². The molecule has 1 aromatic heterocycles. The van der Waals surface area contributed by atoms with Gasteiger partial charge in [0.15, 0.2) is 5.96 Å². The van der Waals surface area contributed by atoms with Gasteiger partial charge in [0.2, 0.25) is 10.0 Å². The van der Waals surface area contributed by atoms with Crippen molar-refractivity contribution in [2.24, 2.45) is 10.1 Å². The van der Waals surface area contributed by atoms with Gasteiger partial charge in [-0.05, 0) is 55.8 Å². The van der Waals surface area contributed by atoms with E-state index in [2.05, 4.69) is 20.5 Å². The number of primary sulfonamides is 1. The summed E-state index contributed by atoms with van der Waals surface area (Å²) >= 11 is 0. The largest absolute Gasteiger partial charge is 0.468 e. The molecule has 2 aromatic rings. The zero-order chi connectivity index (χ0) is 20.7. The van der Waals surface area contributed by atoms with Crippen molar-refractivity contribution < 1.29 is 12.8 Å². The minimum Gasteiger partial charge on any atom is -0.468 e. The molecule has 1 fully saturated rings. The van der Waals surface area contributed by atoms with E-state index in [0.717, 1.165) is 24.4 Å². The molecule has 1 unspecified atom stereocenters. The SMILES string of the molecule is CN=C(NCc1cccc(S(N)(=O)=O)c1)NCC(c1ccco1)N1CCCCC1. The first kappa shape index (κ1) is 21.4. The molecule has 0 radical (unpaired) electrons. The molecule has 2 heterocycles. The average Bonchev–Trinajstić information content (AvgIpc) is 3.25. The van der Waals surface area contributed by atoms with Crippen LogP contribution in [-0.4, -0.2) is 46.0 Å². The van der Waals surface area contributed by atoms with Crippen LogP contribution in [0.25, 0.3) is 0 Å². The lowest BCUT2D eigenvalue weighted by Crippen LogP contribution is -2.44. The van der Waals surface area contributed by atoms with E-state index in [0.29, 0.717) is 19.0 Å². The third kappa shape index (κ3) is 6.06. The van der Waals surface area contributed by atoms with Crippen molar-refractivity contribution in [2.45, 2.75) is 36.7 Å². The number of sulfonamides is 1.